The largest absolute Gasteiger partial charge is 0.397 e. The molecule has 0 aromatic heterocycles. The molecule has 1 heterocycles. The van der Waals surface area contributed by atoms with E-state index in [4.69, 9.17) is 5.73 Å². The van der Waals surface area contributed by atoms with Crippen LogP contribution in [0.25, 0.3) is 0 Å². The van der Waals surface area contributed by atoms with Crippen molar-refractivity contribution in [3.8, 4) is 0 Å². The summed E-state index contributed by atoms with van der Waals surface area (Å²) in [5, 5.41) is 0.0629. The standard InChI is InChI=1S/C13H15BrN2O2S/c1-7-3-12(11(15)5-10(7)14)16-6-9(4-13(16)18)19-8(2)17/h3,5,9H,4,6,15H2,1-2H3. The average Bonchev–Trinajstić information content (AvgIpc) is 2.63. The summed E-state index contributed by atoms with van der Waals surface area (Å²) in [4.78, 5) is 24.8. The maximum Gasteiger partial charge on any atom is 0.228 e. The number of rotatable bonds is 2. The molecule has 0 saturated carbocycles. The van der Waals surface area contributed by atoms with Crippen molar-refractivity contribution in [3.63, 3.8) is 0 Å². The number of halogens is 1. The Kier molecular flexibility index (Phi) is 4.20. The van der Waals surface area contributed by atoms with E-state index in [9.17, 15) is 9.59 Å². The second-order valence-corrected chi connectivity index (χ2v) is 6.93. The molecule has 1 atom stereocenters. The molecule has 1 aliphatic rings. The van der Waals surface area contributed by atoms with Gasteiger partial charge in [0.25, 0.3) is 0 Å². The fraction of sp³-hybridized carbons (Fsp3) is 0.385. The number of aryl methyl sites for hydroxylation is 1. The first-order valence-electron chi connectivity index (χ1n) is 5.91. The molecule has 0 bridgehead atoms. The van der Waals surface area contributed by atoms with Crippen molar-refractivity contribution in [2.24, 2.45) is 0 Å². The van der Waals surface area contributed by atoms with Crippen molar-refractivity contribution >= 4 is 50.1 Å². The highest BCUT2D eigenvalue weighted by atomic mass is 79.9. The second-order valence-electron chi connectivity index (χ2n) is 4.60. The van der Waals surface area contributed by atoms with Crippen molar-refractivity contribution in [1.29, 1.82) is 0 Å². The lowest BCUT2D eigenvalue weighted by Gasteiger charge is -2.19. The number of anilines is 2. The van der Waals surface area contributed by atoms with E-state index in [1.807, 2.05) is 19.1 Å². The van der Waals surface area contributed by atoms with E-state index < -0.39 is 0 Å². The minimum atomic E-state index is 0.0205. The molecule has 2 N–H and O–H groups in total. The van der Waals surface area contributed by atoms with Crippen LogP contribution >= 0.6 is 27.7 Å². The van der Waals surface area contributed by atoms with Crippen LogP contribution in [0, 0.1) is 6.92 Å². The smallest absolute Gasteiger partial charge is 0.228 e. The third kappa shape index (κ3) is 3.12. The fourth-order valence-electron chi connectivity index (χ4n) is 2.14. The summed E-state index contributed by atoms with van der Waals surface area (Å²) in [6.45, 7) is 4.01. The Hall–Kier alpha value is -1.01. The van der Waals surface area contributed by atoms with E-state index in [-0.39, 0.29) is 16.3 Å². The Morgan fingerprint density at radius 2 is 2.21 bits per heavy atom. The van der Waals surface area contributed by atoms with Crippen LogP contribution in [0.15, 0.2) is 16.6 Å². The van der Waals surface area contributed by atoms with Gasteiger partial charge >= 0.3 is 0 Å². The minimum Gasteiger partial charge on any atom is -0.397 e. The van der Waals surface area contributed by atoms with Crippen LogP contribution in [0.4, 0.5) is 11.4 Å². The molecule has 1 aromatic rings. The number of hydrogen-bond donors (Lipinski definition) is 1. The Morgan fingerprint density at radius 3 is 2.84 bits per heavy atom. The van der Waals surface area contributed by atoms with Crippen LogP contribution in [0.5, 0.6) is 0 Å². The molecular formula is C13H15BrN2O2S. The van der Waals surface area contributed by atoms with E-state index in [0.717, 1.165) is 15.7 Å². The molecule has 1 aromatic carbocycles. The highest BCUT2D eigenvalue weighted by Crippen LogP contribution is 2.34. The molecule has 0 aliphatic carbocycles. The number of hydrogen-bond acceptors (Lipinski definition) is 4. The van der Waals surface area contributed by atoms with Gasteiger partial charge in [0.2, 0.25) is 5.91 Å². The number of nitrogens with zero attached hydrogens (tertiary/aromatic N) is 1. The van der Waals surface area contributed by atoms with Crippen LogP contribution in [0.1, 0.15) is 18.9 Å². The summed E-state index contributed by atoms with van der Waals surface area (Å²) in [6.07, 6.45) is 0.388. The van der Waals surface area contributed by atoms with Gasteiger partial charge in [0.05, 0.1) is 11.4 Å². The topological polar surface area (TPSA) is 63.4 Å². The lowest BCUT2D eigenvalue weighted by molar-refractivity contribution is -0.117. The molecule has 1 fully saturated rings. The van der Waals surface area contributed by atoms with E-state index in [1.165, 1.54) is 18.7 Å². The highest BCUT2D eigenvalue weighted by Gasteiger charge is 2.32. The quantitative estimate of drug-likeness (QED) is 0.839. The zero-order valence-electron chi connectivity index (χ0n) is 10.8. The molecule has 19 heavy (non-hydrogen) atoms. The summed E-state index contributed by atoms with van der Waals surface area (Å²) in [7, 11) is 0. The number of nitrogen functional groups attached to an aromatic ring is 1. The highest BCUT2D eigenvalue weighted by molar-refractivity contribution is 9.10. The van der Waals surface area contributed by atoms with Crippen LogP contribution in [0.2, 0.25) is 0 Å². The lowest BCUT2D eigenvalue weighted by atomic mass is 10.2. The van der Waals surface area contributed by atoms with Crippen molar-refractivity contribution < 1.29 is 9.59 Å². The van der Waals surface area contributed by atoms with Crippen molar-refractivity contribution in [3.05, 3.63) is 22.2 Å². The van der Waals surface area contributed by atoms with Crippen LogP contribution < -0.4 is 10.6 Å². The SMILES string of the molecule is CC(=O)SC1CC(=O)N(c2cc(C)c(Br)cc2N)C1. The number of carbonyl (C=O) groups excluding carboxylic acids is 2. The summed E-state index contributed by atoms with van der Waals surface area (Å²) in [5.74, 6) is 0.0205. The van der Waals surface area contributed by atoms with E-state index in [2.05, 4.69) is 15.9 Å². The maximum absolute atomic E-state index is 12.0. The van der Waals surface area contributed by atoms with Crippen molar-refractivity contribution in [2.45, 2.75) is 25.5 Å². The Bertz CT molecular complexity index is 548. The van der Waals surface area contributed by atoms with Crippen LogP contribution in [-0.4, -0.2) is 22.8 Å². The normalized spacial score (nSPS) is 19.0. The van der Waals surface area contributed by atoms with Gasteiger partial charge in [-0.15, -0.1) is 0 Å². The molecule has 6 heteroatoms. The number of carbonyl (C=O) groups is 2. The van der Waals surface area contributed by atoms with Crippen molar-refractivity contribution in [2.75, 3.05) is 17.2 Å². The Morgan fingerprint density at radius 1 is 1.53 bits per heavy atom. The van der Waals surface area contributed by atoms with Crippen LogP contribution in [0.3, 0.4) is 0 Å². The molecule has 0 radical (unpaired) electrons. The molecule has 1 aliphatic heterocycles. The summed E-state index contributed by atoms with van der Waals surface area (Å²) >= 11 is 4.64. The molecule has 1 unspecified atom stereocenters. The summed E-state index contributed by atoms with van der Waals surface area (Å²) in [6, 6.07) is 3.71. The van der Waals surface area contributed by atoms with Gasteiger partial charge in [-0.3, -0.25) is 9.59 Å². The summed E-state index contributed by atoms with van der Waals surface area (Å²) < 4.78 is 0.926. The Labute approximate surface area is 124 Å². The minimum absolute atomic E-state index is 0.0205. The summed E-state index contributed by atoms with van der Waals surface area (Å²) in [5.41, 5.74) is 8.31. The van der Waals surface area contributed by atoms with E-state index >= 15 is 0 Å². The van der Waals surface area contributed by atoms with Gasteiger partial charge in [-0.2, -0.15) is 0 Å². The predicted octanol–water partition coefficient (Wildman–Crippen LogP) is 2.72. The first-order valence-corrected chi connectivity index (χ1v) is 7.59. The Balaban J connectivity index is 2.25. The third-order valence-electron chi connectivity index (χ3n) is 3.02. The van der Waals surface area contributed by atoms with Gasteiger partial charge in [0.1, 0.15) is 0 Å². The van der Waals surface area contributed by atoms with Gasteiger partial charge < -0.3 is 10.6 Å². The monoisotopic (exact) mass is 342 g/mol. The molecular weight excluding hydrogens is 328 g/mol. The number of nitrogens with two attached hydrogens (primary N) is 1. The second kappa shape index (κ2) is 5.54. The zero-order valence-corrected chi connectivity index (χ0v) is 13.2. The van der Waals surface area contributed by atoms with Gasteiger partial charge in [-0.1, -0.05) is 27.7 Å². The van der Waals surface area contributed by atoms with Gasteiger partial charge in [-0.05, 0) is 24.6 Å². The van der Waals surface area contributed by atoms with Crippen LogP contribution in [-0.2, 0) is 9.59 Å². The lowest BCUT2D eigenvalue weighted by Crippen LogP contribution is -2.26. The average molecular weight is 343 g/mol. The first-order chi connectivity index (χ1) is 8.88. The predicted molar refractivity (Wildman–Crippen MR) is 82.3 cm³/mol. The molecule has 102 valence electrons. The van der Waals surface area contributed by atoms with Crippen molar-refractivity contribution in [1.82, 2.24) is 0 Å². The maximum atomic E-state index is 12.0. The van der Waals surface area contributed by atoms with Gasteiger partial charge in [0, 0.05) is 29.6 Å². The first kappa shape index (κ1) is 14.4. The van der Waals surface area contributed by atoms with Gasteiger partial charge in [-0.25, -0.2) is 0 Å². The molecule has 1 saturated heterocycles. The third-order valence-corrected chi connectivity index (χ3v) is 4.86. The molecule has 1 amide bonds. The molecule has 4 nitrogen and oxygen atoms in total. The molecule has 0 spiro atoms. The number of amides is 1. The fourth-order valence-corrected chi connectivity index (χ4v) is 3.42. The van der Waals surface area contributed by atoms with Gasteiger partial charge in [0.15, 0.2) is 5.12 Å². The molecule has 2 rings (SSSR count). The van der Waals surface area contributed by atoms with E-state index in [0.29, 0.717) is 18.7 Å². The number of thioether (sulfide) groups is 1. The van der Waals surface area contributed by atoms with E-state index in [1.54, 1.807) is 4.90 Å². The zero-order chi connectivity index (χ0) is 14.2. The number of benzene rings is 1.